The van der Waals surface area contributed by atoms with E-state index in [1.54, 1.807) is 12.1 Å². The number of phenols is 1. The quantitative estimate of drug-likeness (QED) is 0.758. The molecule has 0 aliphatic heterocycles. The fraction of sp³-hybridized carbons (Fsp3) is 0. The van der Waals surface area contributed by atoms with Crippen molar-refractivity contribution in [2.45, 2.75) is 0 Å². The smallest absolute Gasteiger partial charge is 0.169 e. The summed E-state index contributed by atoms with van der Waals surface area (Å²) in [5.41, 5.74) is 0.397. The first-order valence-electron chi connectivity index (χ1n) is 6.36. The van der Waals surface area contributed by atoms with E-state index in [0.717, 1.165) is 18.2 Å². The minimum atomic E-state index is -0.604. The van der Waals surface area contributed by atoms with Crippen LogP contribution in [0.4, 0.5) is 8.78 Å². The molecular weight excluding hydrogens is 288 g/mol. The van der Waals surface area contributed by atoms with Crippen LogP contribution in [-0.2, 0) is 0 Å². The van der Waals surface area contributed by atoms with E-state index in [0.29, 0.717) is 16.3 Å². The molecule has 0 saturated heterocycles. The van der Waals surface area contributed by atoms with Gasteiger partial charge in [0.1, 0.15) is 17.4 Å². The van der Waals surface area contributed by atoms with Crippen LogP contribution in [-0.4, -0.2) is 5.11 Å². The van der Waals surface area contributed by atoms with Crippen LogP contribution in [0.1, 0.15) is 5.56 Å². The fourth-order valence-corrected chi connectivity index (χ4v) is 2.15. The number of nitriles is 1. The minimum Gasteiger partial charge on any atom is -0.504 e. The SMILES string of the molecule is N#Cc1ccc2c(Oc3ccc(F)cc3O)cc(F)cc2c1. The van der Waals surface area contributed by atoms with Crippen molar-refractivity contribution in [3.05, 3.63) is 65.7 Å². The highest BCUT2D eigenvalue weighted by Crippen LogP contribution is 2.35. The Morgan fingerprint density at radius 1 is 0.909 bits per heavy atom. The Labute approximate surface area is 124 Å². The van der Waals surface area contributed by atoms with Gasteiger partial charge in [-0.3, -0.25) is 0 Å². The lowest BCUT2D eigenvalue weighted by molar-refractivity contribution is 0.408. The van der Waals surface area contributed by atoms with Crippen molar-refractivity contribution in [3.8, 4) is 23.3 Å². The molecule has 108 valence electrons. The Balaban J connectivity index is 2.12. The number of phenolic OH excluding ortho intramolecular Hbond substituents is 1. The molecule has 0 spiro atoms. The molecule has 0 aliphatic rings. The van der Waals surface area contributed by atoms with Gasteiger partial charge in [-0.2, -0.15) is 5.26 Å². The second-order valence-electron chi connectivity index (χ2n) is 4.67. The Kier molecular flexibility index (Phi) is 3.36. The maximum Gasteiger partial charge on any atom is 0.169 e. The maximum atomic E-state index is 13.7. The molecule has 0 heterocycles. The molecule has 22 heavy (non-hydrogen) atoms. The van der Waals surface area contributed by atoms with Crippen molar-refractivity contribution in [2.24, 2.45) is 0 Å². The molecular formula is C17H9F2NO2. The van der Waals surface area contributed by atoms with E-state index in [2.05, 4.69) is 0 Å². The van der Waals surface area contributed by atoms with Crippen molar-refractivity contribution in [1.82, 2.24) is 0 Å². The molecule has 0 amide bonds. The molecule has 3 nitrogen and oxygen atoms in total. The highest BCUT2D eigenvalue weighted by atomic mass is 19.1. The van der Waals surface area contributed by atoms with Crippen LogP contribution in [0.15, 0.2) is 48.5 Å². The minimum absolute atomic E-state index is 0.0117. The van der Waals surface area contributed by atoms with Gasteiger partial charge in [-0.1, -0.05) is 0 Å². The highest BCUT2D eigenvalue weighted by molar-refractivity contribution is 5.89. The summed E-state index contributed by atoms with van der Waals surface area (Å²) in [5, 5.41) is 19.6. The number of hydrogen-bond donors (Lipinski definition) is 1. The Morgan fingerprint density at radius 3 is 2.45 bits per heavy atom. The van der Waals surface area contributed by atoms with Gasteiger partial charge in [-0.15, -0.1) is 0 Å². The molecule has 0 saturated carbocycles. The van der Waals surface area contributed by atoms with Crippen LogP contribution in [0.2, 0.25) is 0 Å². The number of aromatic hydroxyl groups is 1. The molecule has 0 bridgehead atoms. The zero-order valence-electron chi connectivity index (χ0n) is 11.2. The van der Waals surface area contributed by atoms with Crippen molar-refractivity contribution >= 4 is 10.8 Å². The van der Waals surface area contributed by atoms with Gasteiger partial charge < -0.3 is 9.84 Å². The standard InChI is InChI=1S/C17H9F2NO2/c18-12-2-4-16(15(21)7-12)22-17-8-13(19)6-11-5-10(9-20)1-3-14(11)17/h1-8,21H. The van der Waals surface area contributed by atoms with Gasteiger partial charge in [0.15, 0.2) is 11.5 Å². The van der Waals surface area contributed by atoms with Gasteiger partial charge in [0.2, 0.25) is 0 Å². The third kappa shape index (κ3) is 2.54. The number of ether oxygens (including phenoxy) is 1. The summed E-state index contributed by atoms with van der Waals surface area (Å²) in [5.74, 6) is -1.35. The summed E-state index contributed by atoms with van der Waals surface area (Å²) in [6.45, 7) is 0. The number of benzene rings is 3. The van der Waals surface area contributed by atoms with Crippen LogP contribution in [0, 0.1) is 23.0 Å². The maximum absolute atomic E-state index is 13.7. The Hall–Kier alpha value is -3.13. The fourth-order valence-electron chi connectivity index (χ4n) is 2.15. The van der Waals surface area contributed by atoms with Crippen molar-refractivity contribution < 1.29 is 18.6 Å². The molecule has 0 atom stereocenters. The van der Waals surface area contributed by atoms with E-state index in [1.165, 1.54) is 18.2 Å². The van der Waals surface area contributed by atoms with E-state index in [-0.39, 0.29) is 17.2 Å². The van der Waals surface area contributed by atoms with Gasteiger partial charge >= 0.3 is 0 Å². The third-order valence-electron chi connectivity index (χ3n) is 3.15. The number of fused-ring (bicyclic) bond motifs is 1. The average Bonchev–Trinajstić information content (AvgIpc) is 2.49. The van der Waals surface area contributed by atoms with Crippen LogP contribution in [0.25, 0.3) is 10.8 Å². The van der Waals surface area contributed by atoms with E-state index in [1.807, 2.05) is 6.07 Å². The number of halogens is 2. The Bertz CT molecular complexity index is 916. The molecule has 0 unspecified atom stereocenters. The third-order valence-corrected chi connectivity index (χ3v) is 3.15. The first-order valence-corrected chi connectivity index (χ1v) is 6.36. The summed E-state index contributed by atoms with van der Waals surface area (Å²) in [6, 6.07) is 12.5. The normalized spacial score (nSPS) is 10.4. The Morgan fingerprint density at radius 2 is 1.73 bits per heavy atom. The summed E-state index contributed by atoms with van der Waals surface area (Å²) in [7, 11) is 0. The van der Waals surface area contributed by atoms with Gasteiger partial charge in [0, 0.05) is 17.5 Å². The van der Waals surface area contributed by atoms with Gasteiger partial charge in [0.05, 0.1) is 11.6 Å². The molecule has 3 aromatic rings. The zero-order chi connectivity index (χ0) is 15.7. The molecule has 5 heteroatoms. The van der Waals surface area contributed by atoms with Gasteiger partial charge in [0.25, 0.3) is 0 Å². The van der Waals surface area contributed by atoms with Crippen molar-refractivity contribution in [2.75, 3.05) is 0 Å². The van der Waals surface area contributed by atoms with E-state index < -0.39 is 11.6 Å². The topological polar surface area (TPSA) is 53.2 Å². The molecule has 3 aromatic carbocycles. The summed E-state index contributed by atoms with van der Waals surface area (Å²) >= 11 is 0. The van der Waals surface area contributed by atoms with Crippen LogP contribution in [0.3, 0.4) is 0 Å². The summed E-state index contributed by atoms with van der Waals surface area (Å²) < 4.78 is 32.2. The van der Waals surface area contributed by atoms with Crippen molar-refractivity contribution in [1.29, 1.82) is 5.26 Å². The highest BCUT2D eigenvalue weighted by Gasteiger charge is 2.10. The first kappa shape index (κ1) is 13.8. The van der Waals surface area contributed by atoms with Crippen LogP contribution in [0.5, 0.6) is 17.2 Å². The lowest BCUT2D eigenvalue weighted by Gasteiger charge is -2.11. The lowest BCUT2D eigenvalue weighted by Crippen LogP contribution is -1.90. The summed E-state index contributed by atoms with van der Waals surface area (Å²) in [4.78, 5) is 0. The molecule has 0 fully saturated rings. The van der Waals surface area contributed by atoms with Gasteiger partial charge in [-0.25, -0.2) is 8.78 Å². The van der Waals surface area contributed by atoms with E-state index >= 15 is 0 Å². The molecule has 3 rings (SSSR count). The van der Waals surface area contributed by atoms with Crippen LogP contribution >= 0.6 is 0 Å². The first-order chi connectivity index (χ1) is 10.6. The second-order valence-corrected chi connectivity index (χ2v) is 4.67. The number of rotatable bonds is 2. The number of hydrogen-bond acceptors (Lipinski definition) is 3. The van der Waals surface area contributed by atoms with Crippen LogP contribution < -0.4 is 4.74 Å². The second kappa shape index (κ2) is 5.34. The van der Waals surface area contributed by atoms with E-state index in [9.17, 15) is 13.9 Å². The average molecular weight is 297 g/mol. The monoisotopic (exact) mass is 297 g/mol. The summed E-state index contributed by atoms with van der Waals surface area (Å²) in [6.07, 6.45) is 0. The van der Waals surface area contributed by atoms with Crippen molar-refractivity contribution in [3.63, 3.8) is 0 Å². The molecule has 0 radical (unpaired) electrons. The lowest BCUT2D eigenvalue weighted by atomic mass is 10.1. The number of nitrogens with zero attached hydrogens (tertiary/aromatic N) is 1. The zero-order valence-corrected chi connectivity index (χ0v) is 11.2. The van der Waals surface area contributed by atoms with Gasteiger partial charge in [-0.05, 0) is 41.8 Å². The molecule has 1 N–H and O–H groups in total. The van der Waals surface area contributed by atoms with E-state index in [4.69, 9.17) is 10.00 Å². The largest absolute Gasteiger partial charge is 0.504 e. The molecule has 0 aromatic heterocycles. The predicted octanol–water partition coefficient (Wildman–Crippen LogP) is 4.49. The predicted molar refractivity (Wildman–Crippen MR) is 76.8 cm³/mol. The molecule has 0 aliphatic carbocycles.